The third-order valence-electron chi connectivity index (χ3n) is 1.90. The van der Waals surface area contributed by atoms with Crippen LogP contribution in [-0.2, 0) is 0 Å². The lowest BCUT2D eigenvalue weighted by atomic mass is 10.2. The zero-order valence-corrected chi connectivity index (χ0v) is 8.55. The number of hydrogen-bond donors (Lipinski definition) is 0. The van der Waals surface area contributed by atoms with Gasteiger partial charge in [-0.1, -0.05) is 26.7 Å². The highest BCUT2D eigenvalue weighted by Gasteiger charge is 2.11. The van der Waals surface area contributed by atoms with Crippen LogP contribution in [0.5, 0.6) is 0 Å². The predicted molar refractivity (Wildman–Crippen MR) is 50.9 cm³/mol. The number of unbranched alkanes of at least 4 members (excludes halogenated alkanes) is 2. The first-order valence-electron chi connectivity index (χ1n) is 4.88. The van der Waals surface area contributed by atoms with Crippen molar-refractivity contribution in [3.05, 3.63) is 4.91 Å². The van der Waals surface area contributed by atoms with Crippen molar-refractivity contribution in [3.8, 4) is 0 Å². The summed E-state index contributed by atoms with van der Waals surface area (Å²) in [6.07, 6.45) is 4.60. The van der Waals surface area contributed by atoms with E-state index in [2.05, 4.69) is 13.8 Å². The molecule has 0 saturated heterocycles. The van der Waals surface area contributed by atoms with Crippen molar-refractivity contribution in [2.24, 2.45) is 0 Å². The average Bonchev–Trinajstić information content (AvgIpc) is 2.03. The summed E-state index contributed by atoms with van der Waals surface area (Å²) >= 11 is 0. The number of rotatable bonds is 7. The molecule has 0 aliphatic rings. The molecule has 3 nitrogen and oxygen atoms in total. The molecule has 12 heavy (non-hydrogen) atoms. The van der Waals surface area contributed by atoms with E-state index in [0.29, 0.717) is 0 Å². The van der Waals surface area contributed by atoms with Gasteiger partial charge in [0.2, 0.25) is 7.05 Å². The number of nitroso groups, excluding NO2 is 1. The van der Waals surface area contributed by atoms with Crippen molar-refractivity contribution < 1.29 is 4.87 Å². The molecule has 72 valence electrons. The first kappa shape index (κ1) is 11.4. The van der Waals surface area contributed by atoms with Gasteiger partial charge in [0.1, 0.15) is 4.87 Å². The van der Waals surface area contributed by atoms with Crippen LogP contribution in [-0.4, -0.2) is 30.0 Å². The third kappa shape index (κ3) is 5.10. The lowest BCUT2D eigenvalue weighted by Gasteiger charge is -2.11. The summed E-state index contributed by atoms with van der Waals surface area (Å²) in [7, 11) is 1.57. The predicted octanol–water partition coefficient (Wildman–Crippen LogP) is 2.21. The van der Waals surface area contributed by atoms with E-state index in [1.165, 1.54) is 12.8 Å². The van der Waals surface area contributed by atoms with E-state index in [-0.39, 0.29) is 0 Å². The van der Waals surface area contributed by atoms with Crippen molar-refractivity contribution >= 4 is 0 Å². The normalized spacial score (nSPS) is 9.92. The molecule has 0 bridgehead atoms. The van der Waals surface area contributed by atoms with Crippen LogP contribution >= 0.6 is 0 Å². The van der Waals surface area contributed by atoms with E-state index in [0.717, 1.165) is 30.8 Å². The molecular formula is C9H21N2O+. The maximum atomic E-state index is 11.0. The second-order valence-electron chi connectivity index (χ2n) is 3.12. The van der Waals surface area contributed by atoms with E-state index >= 15 is 0 Å². The summed E-state index contributed by atoms with van der Waals surface area (Å²) in [4.78, 5) is 11.9. The van der Waals surface area contributed by atoms with Crippen LogP contribution in [0.3, 0.4) is 0 Å². The molecule has 0 radical (unpaired) electrons. The number of hydrogen-bond acceptors (Lipinski definition) is 1. The van der Waals surface area contributed by atoms with E-state index in [1.54, 1.807) is 7.05 Å². The van der Waals surface area contributed by atoms with Crippen LogP contribution < -0.4 is 0 Å². The van der Waals surface area contributed by atoms with Crippen LogP contribution in [0.2, 0.25) is 0 Å². The minimum Gasteiger partial charge on any atom is -0.141 e. The van der Waals surface area contributed by atoms with E-state index in [4.69, 9.17) is 0 Å². The molecular weight excluding hydrogens is 152 g/mol. The topological polar surface area (TPSA) is 23.3 Å². The van der Waals surface area contributed by atoms with Gasteiger partial charge in [-0.05, 0) is 12.8 Å². The Balaban J connectivity index is 3.56. The van der Waals surface area contributed by atoms with Crippen LogP contribution in [0.1, 0.15) is 39.5 Å². The van der Waals surface area contributed by atoms with Crippen molar-refractivity contribution in [2.75, 3.05) is 20.1 Å². The zero-order chi connectivity index (χ0) is 9.40. The minimum atomic E-state index is 0.879. The van der Waals surface area contributed by atoms with Gasteiger partial charge in [0, 0.05) is 0 Å². The minimum absolute atomic E-state index is 0.879. The van der Waals surface area contributed by atoms with Crippen LogP contribution in [0.4, 0.5) is 0 Å². The molecule has 3 heteroatoms. The zero-order valence-electron chi connectivity index (χ0n) is 8.55. The van der Waals surface area contributed by atoms with Gasteiger partial charge in [0.05, 0.1) is 18.0 Å². The maximum absolute atomic E-state index is 11.0. The maximum Gasteiger partial charge on any atom is 0.216 e. The number of nitrogens with zero attached hydrogens (tertiary/aromatic N) is 2. The summed E-state index contributed by atoms with van der Waals surface area (Å²) in [5.41, 5.74) is 0. The molecule has 0 heterocycles. The second kappa shape index (κ2) is 7.07. The Labute approximate surface area is 75.3 Å². The van der Waals surface area contributed by atoms with Crippen molar-refractivity contribution in [1.82, 2.24) is 5.01 Å². The largest absolute Gasteiger partial charge is 0.216 e. The fourth-order valence-corrected chi connectivity index (χ4v) is 1.20. The van der Waals surface area contributed by atoms with Crippen LogP contribution in [0.25, 0.3) is 0 Å². The smallest absolute Gasteiger partial charge is 0.141 e. The first-order valence-corrected chi connectivity index (χ1v) is 4.88. The monoisotopic (exact) mass is 173 g/mol. The van der Waals surface area contributed by atoms with E-state index in [9.17, 15) is 4.91 Å². The molecule has 0 aliphatic heterocycles. The molecule has 0 fully saturated rings. The van der Waals surface area contributed by atoms with Gasteiger partial charge >= 0.3 is 0 Å². The molecule has 0 unspecified atom stereocenters. The summed E-state index contributed by atoms with van der Waals surface area (Å²) < 4.78 is 0. The lowest BCUT2D eigenvalue weighted by Crippen LogP contribution is -2.32. The van der Waals surface area contributed by atoms with Gasteiger partial charge in [-0.2, -0.15) is 0 Å². The van der Waals surface area contributed by atoms with Crippen molar-refractivity contribution in [1.29, 1.82) is 0 Å². The molecule has 0 aromatic rings. The van der Waals surface area contributed by atoms with Gasteiger partial charge in [0.15, 0.2) is 0 Å². The molecule has 0 rings (SSSR count). The average molecular weight is 173 g/mol. The Hall–Kier alpha value is -0.600. The highest BCUT2D eigenvalue weighted by Crippen LogP contribution is 1.98. The van der Waals surface area contributed by atoms with Crippen LogP contribution in [0, 0.1) is 4.91 Å². The number of hydrazine groups is 1. The molecule has 0 saturated carbocycles. The van der Waals surface area contributed by atoms with Crippen molar-refractivity contribution in [2.45, 2.75) is 39.5 Å². The van der Waals surface area contributed by atoms with E-state index < -0.39 is 0 Å². The van der Waals surface area contributed by atoms with Gasteiger partial charge in [0.25, 0.3) is 0 Å². The molecule has 0 aliphatic carbocycles. The summed E-state index contributed by atoms with van der Waals surface area (Å²) in [5, 5.41) is 1.86. The van der Waals surface area contributed by atoms with Gasteiger partial charge < -0.3 is 0 Å². The molecule has 0 spiro atoms. The molecule has 0 aromatic carbocycles. The molecule has 0 aromatic heterocycles. The Kier molecular flexibility index (Phi) is 6.72. The first-order chi connectivity index (χ1) is 5.72. The van der Waals surface area contributed by atoms with Gasteiger partial charge in [-0.3, -0.25) is 0 Å². The summed E-state index contributed by atoms with van der Waals surface area (Å²) in [6, 6.07) is 0. The fraction of sp³-hybridized carbons (Fsp3) is 1.00. The standard InChI is InChI=1S/C9H21N2O/c1-4-6-7-9-11(8-5-2)10(3)12/h4-9H2,1-3H3/q+1. The Morgan fingerprint density at radius 2 is 1.75 bits per heavy atom. The Bertz CT molecular complexity index is 126. The molecule has 0 atom stereocenters. The van der Waals surface area contributed by atoms with Crippen molar-refractivity contribution in [3.63, 3.8) is 0 Å². The second-order valence-corrected chi connectivity index (χ2v) is 3.12. The molecule has 0 amide bonds. The lowest BCUT2D eigenvalue weighted by molar-refractivity contribution is -0.686. The Morgan fingerprint density at radius 1 is 1.08 bits per heavy atom. The SMILES string of the molecule is CCCCCN(CCC)[N+](C)=O. The van der Waals surface area contributed by atoms with E-state index in [1.807, 2.05) is 5.01 Å². The van der Waals surface area contributed by atoms with Crippen LogP contribution in [0.15, 0.2) is 0 Å². The Morgan fingerprint density at radius 3 is 2.17 bits per heavy atom. The quantitative estimate of drug-likeness (QED) is 0.335. The highest BCUT2D eigenvalue weighted by molar-refractivity contribution is 4.44. The summed E-state index contributed by atoms with van der Waals surface area (Å²) in [5.74, 6) is 0. The highest BCUT2D eigenvalue weighted by atomic mass is 16.3. The fourth-order valence-electron chi connectivity index (χ4n) is 1.20. The van der Waals surface area contributed by atoms with Gasteiger partial charge in [-0.25, -0.2) is 0 Å². The third-order valence-corrected chi connectivity index (χ3v) is 1.90. The summed E-state index contributed by atoms with van der Waals surface area (Å²) in [6.45, 7) is 6.05. The molecule has 0 N–H and O–H groups in total. The van der Waals surface area contributed by atoms with Gasteiger partial charge in [-0.15, -0.1) is 5.01 Å².